The van der Waals surface area contributed by atoms with E-state index in [4.69, 9.17) is 0 Å². The van der Waals surface area contributed by atoms with Gasteiger partial charge in [-0.1, -0.05) is 52.9 Å². The van der Waals surface area contributed by atoms with Gasteiger partial charge in [-0.15, -0.1) is 0 Å². The summed E-state index contributed by atoms with van der Waals surface area (Å²) in [7, 11) is 0. The first-order valence-corrected chi connectivity index (χ1v) is 10.8. The molecule has 0 bridgehead atoms. The number of nitrogens with zero attached hydrogens (tertiary/aromatic N) is 2. The summed E-state index contributed by atoms with van der Waals surface area (Å²) in [4.78, 5) is 31.0. The van der Waals surface area contributed by atoms with Gasteiger partial charge in [0.15, 0.2) is 0 Å². The second kappa shape index (κ2) is 14.1. The Bertz CT molecular complexity index is 588. The molecule has 1 aliphatic rings. The third-order valence-electron chi connectivity index (χ3n) is 5.37. The van der Waals surface area contributed by atoms with Crippen molar-refractivity contribution < 1.29 is 14.7 Å². The lowest BCUT2D eigenvalue weighted by Gasteiger charge is -2.28. The maximum atomic E-state index is 12.9. The zero-order chi connectivity index (χ0) is 20.2. The summed E-state index contributed by atoms with van der Waals surface area (Å²) in [5.74, 6) is -0.367. The van der Waals surface area contributed by atoms with Gasteiger partial charge >= 0.3 is 0 Å². The maximum absolute atomic E-state index is 12.9. The van der Waals surface area contributed by atoms with E-state index in [-0.39, 0.29) is 19.2 Å². The van der Waals surface area contributed by atoms with Crippen LogP contribution in [0.1, 0.15) is 90.2 Å². The van der Waals surface area contributed by atoms with E-state index in [9.17, 15) is 14.7 Å². The highest BCUT2D eigenvalue weighted by Gasteiger charge is 2.33. The molecule has 0 aromatic carbocycles. The van der Waals surface area contributed by atoms with E-state index in [1.165, 1.54) is 25.7 Å². The number of amides is 2. The maximum Gasteiger partial charge on any atom is 0.248 e. The number of carbonyl (C=O) groups is 2. The van der Waals surface area contributed by atoms with Gasteiger partial charge in [-0.05, 0) is 37.0 Å². The molecule has 2 N–H and O–H groups in total. The molecule has 1 aliphatic heterocycles. The number of carbonyl (C=O) groups excluding carboxylic acids is 2. The number of aromatic nitrogens is 1. The van der Waals surface area contributed by atoms with Gasteiger partial charge in [0.1, 0.15) is 12.1 Å². The minimum Gasteiger partial charge on any atom is -0.386 e. The first kappa shape index (κ1) is 25.1. The molecule has 0 radical (unpaired) electrons. The van der Waals surface area contributed by atoms with E-state index >= 15 is 0 Å². The molecule has 1 fully saturated rings. The highest BCUT2D eigenvalue weighted by molar-refractivity contribution is 5.88. The molecule has 29 heavy (non-hydrogen) atoms. The van der Waals surface area contributed by atoms with Crippen LogP contribution in [0, 0.1) is 0 Å². The number of hydrogen-bond acceptors (Lipinski definition) is 4. The summed E-state index contributed by atoms with van der Waals surface area (Å²) < 4.78 is 0. The number of pyridine rings is 1. The van der Waals surface area contributed by atoms with Crippen LogP contribution in [0.4, 0.5) is 0 Å². The molecule has 0 unspecified atom stereocenters. The number of rotatable bonds is 12. The normalized spacial score (nSPS) is 15.4. The molecule has 0 saturated carbocycles. The van der Waals surface area contributed by atoms with Crippen LogP contribution in [0.5, 0.6) is 0 Å². The second-order valence-electron chi connectivity index (χ2n) is 7.67. The molecule has 6 nitrogen and oxygen atoms in total. The topological polar surface area (TPSA) is 82.5 Å². The Morgan fingerprint density at radius 1 is 1.07 bits per heavy atom. The van der Waals surface area contributed by atoms with E-state index in [0.29, 0.717) is 25.1 Å². The first-order valence-electron chi connectivity index (χ1n) is 10.8. The number of unbranched alkanes of at least 4 members (excludes halogenated alkanes) is 6. The average molecular weight is 406 g/mol. The summed E-state index contributed by atoms with van der Waals surface area (Å²) in [5, 5.41) is 13.6. The van der Waals surface area contributed by atoms with Crippen LogP contribution in [0.3, 0.4) is 0 Å². The van der Waals surface area contributed by atoms with E-state index in [1.807, 2.05) is 0 Å². The fourth-order valence-electron chi connectivity index (χ4n) is 3.65. The lowest BCUT2D eigenvalue weighted by molar-refractivity contribution is -0.139. The second-order valence-corrected chi connectivity index (χ2v) is 7.67. The molecule has 164 valence electrons. The summed E-state index contributed by atoms with van der Waals surface area (Å²) in [6.07, 6.45) is 12.4. The van der Waals surface area contributed by atoms with Gasteiger partial charge in [0.05, 0.1) is 0 Å². The molecule has 1 aromatic heterocycles. The van der Waals surface area contributed by atoms with Crippen LogP contribution in [-0.2, 0) is 9.59 Å². The molecule has 2 rings (SSSR count). The Kier molecular flexibility index (Phi) is 12.2. The molecule has 1 saturated heterocycles. The molecular formula is C23H39N3O3. The molecule has 1 aromatic rings. The minimum atomic E-state index is -1.07. The van der Waals surface area contributed by atoms with Crippen LogP contribution in [0.15, 0.2) is 24.5 Å². The quantitative estimate of drug-likeness (QED) is 0.515. The number of hydrogen-bond donors (Lipinski definition) is 2. The first-order chi connectivity index (χ1) is 13.6. The van der Waals surface area contributed by atoms with Crippen LogP contribution >= 0.6 is 0 Å². The molecule has 0 spiro atoms. The third kappa shape index (κ3) is 8.52. The number of nitrogens with one attached hydrogen (secondary N) is 1. The summed E-state index contributed by atoms with van der Waals surface area (Å²) >= 11 is 0. The van der Waals surface area contributed by atoms with Gasteiger partial charge in [0.25, 0.3) is 0 Å². The number of aliphatic hydroxyl groups is 1. The van der Waals surface area contributed by atoms with Crippen molar-refractivity contribution in [2.45, 2.75) is 90.7 Å². The Morgan fingerprint density at radius 3 is 2.28 bits per heavy atom. The van der Waals surface area contributed by atoms with Crippen LogP contribution < -0.4 is 5.32 Å². The smallest absolute Gasteiger partial charge is 0.248 e. The number of aliphatic hydroxyl groups excluding tert-OH is 1. The van der Waals surface area contributed by atoms with Crippen molar-refractivity contribution in [3.63, 3.8) is 0 Å². The zero-order valence-electron chi connectivity index (χ0n) is 17.1. The van der Waals surface area contributed by atoms with Crippen molar-refractivity contribution >= 4 is 11.8 Å². The molecule has 0 aliphatic carbocycles. The third-order valence-corrected chi connectivity index (χ3v) is 5.37. The monoisotopic (exact) mass is 405 g/mol. The van der Waals surface area contributed by atoms with Crippen LogP contribution in [-0.4, -0.2) is 45.9 Å². The standard InChI is InChI=1S/C22H35N3O3.CH4/c1-2-3-4-5-6-7-8-11-19(26)24-20(22(28)25-16-9-10-17-25)21(27)18-12-14-23-15-13-18;/h12-15,20-21,27H,2-11,16-17H2,1H3,(H,24,26);1H4/t20-,21+;/m1./s1. The summed E-state index contributed by atoms with van der Waals surface area (Å²) in [6, 6.07) is 2.41. The van der Waals surface area contributed by atoms with Gasteiger partial charge in [-0.25, -0.2) is 0 Å². The lowest BCUT2D eigenvalue weighted by Crippen LogP contribution is -2.51. The minimum absolute atomic E-state index is 0. The Morgan fingerprint density at radius 2 is 1.66 bits per heavy atom. The highest BCUT2D eigenvalue weighted by Crippen LogP contribution is 2.20. The van der Waals surface area contributed by atoms with Gasteiger partial charge in [0.2, 0.25) is 11.8 Å². The van der Waals surface area contributed by atoms with Gasteiger partial charge < -0.3 is 15.3 Å². The van der Waals surface area contributed by atoms with Gasteiger partial charge in [-0.2, -0.15) is 0 Å². The van der Waals surface area contributed by atoms with Crippen molar-refractivity contribution in [2.75, 3.05) is 13.1 Å². The fraction of sp³-hybridized carbons (Fsp3) is 0.696. The van der Waals surface area contributed by atoms with Crippen molar-refractivity contribution in [1.29, 1.82) is 0 Å². The van der Waals surface area contributed by atoms with Crippen molar-refractivity contribution in [3.8, 4) is 0 Å². The Hall–Kier alpha value is -1.95. The van der Waals surface area contributed by atoms with E-state index < -0.39 is 12.1 Å². The summed E-state index contributed by atoms with van der Waals surface area (Å²) in [6.45, 7) is 3.57. The lowest BCUT2D eigenvalue weighted by atomic mass is 10.0. The Labute approximate surface area is 176 Å². The van der Waals surface area contributed by atoms with Gasteiger partial charge in [0, 0.05) is 31.9 Å². The molecule has 2 atom stereocenters. The van der Waals surface area contributed by atoms with Crippen molar-refractivity contribution in [2.24, 2.45) is 0 Å². The van der Waals surface area contributed by atoms with Crippen molar-refractivity contribution in [1.82, 2.24) is 15.2 Å². The van der Waals surface area contributed by atoms with E-state index in [2.05, 4.69) is 17.2 Å². The highest BCUT2D eigenvalue weighted by atomic mass is 16.3. The molecule has 2 amide bonds. The van der Waals surface area contributed by atoms with Crippen LogP contribution in [0.2, 0.25) is 0 Å². The summed E-state index contributed by atoms with van der Waals surface area (Å²) in [5.41, 5.74) is 0.587. The van der Waals surface area contributed by atoms with E-state index in [0.717, 1.165) is 32.1 Å². The SMILES string of the molecule is C.CCCCCCCCCC(=O)N[C@@H](C(=O)N1CCCC1)[C@@H](O)c1ccncc1. The van der Waals surface area contributed by atoms with Crippen molar-refractivity contribution in [3.05, 3.63) is 30.1 Å². The fourth-order valence-corrected chi connectivity index (χ4v) is 3.65. The number of likely N-dealkylation sites (tertiary alicyclic amines) is 1. The molecule has 2 heterocycles. The molecule has 6 heteroatoms. The Balaban J connectivity index is 0.00000420. The molecular weight excluding hydrogens is 366 g/mol. The average Bonchev–Trinajstić information content (AvgIpc) is 3.26. The zero-order valence-corrected chi connectivity index (χ0v) is 17.1. The predicted molar refractivity (Wildman–Crippen MR) is 116 cm³/mol. The predicted octanol–water partition coefficient (Wildman–Crippen LogP) is 4.00. The van der Waals surface area contributed by atoms with Gasteiger partial charge in [-0.3, -0.25) is 14.6 Å². The van der Waals surface area contributed by atoms with E-state index in [1.54, 1.807) is 29.4 Å². The largest absolute Gasteiger partial charge is 0.386 e. The van der Waals surface area contributed by atoms with Crippen LogP contribution in [0.25, 0.3) is 0 Å².